The molecule has 0 saturated carbocycles. The second-order valence-corrected chi connectivity index (χ2v) is 6.33. The molecule has 0 aromatic carbocycles. The van der Waals surface area contributed by atoms with Crippen molar-refractivity contribution in [2.45, 2.75) is 39.3 Å². The summed E-state index contributed by atoms with van der Waals surface area (Å²) in [6.45, 7) is 6.74. The van der Waals surface area contributed by atoms with Gasteiger partial charge < -0.3 is 14.4 Å². The largest absolute Gasteiger partial charge is 0.381 e. The summed E-state index contributed by atoms with van der Waals surface area (Å²) in [4.78, 5) is 11.4. The molecule has 2 aromatic rings. The van der Waals surface area contributed by atoms with Crippen molar-refractivity contribution in [1.29, 1.82) is 0 Å². The third kappa shape index (κ3) is 3.57. The van der Waals surface area contributed by atoms with Crippen LogP contribution < -0.4 is 4.90 Å². The Kier molecular flexibility index (Phi) is 5.11. The molecule has 2 aromatic heterocycles. The topological polar surface area (TPSA) is 76.2 Å². The van der Waals surface area contributed by atoms with Crippen LogP contribution in [0.4, 0.5) is 5.82 Å². The number of rotatable bonds is 6. The number of nitrogens with one attached hydrogen (secondary N) is 1. The SMILES string of the molecule is COCc1nc([C@@H]2CCOC2)cc(N(C)Cc2c(C)n[nH]c2C)n1. The quantitative estimate of drug-likeness (QED) is 0.873. The summed E-state index contributed by atoms with van der Waals surface area (Å²) in [5, 5.41) is 7.31. The number of ether oxygens (including phenoxy) is 2. The monoisotopic (exact) mass is 331 g/mol. The molecule has 0 bridgehead atoms. The summed E-state index contributed by atoms with van der Waals surface area (Å²) in [6, 6.07) is 2.07. The Morgan fingerprint density at radius 2 is 2.21 bits per heavy atom. The van der Waals surface area contributed by atoms with Crippen LogP contribution in [-0.2, 0) is 22.6 Å². The van der Waals surface area contributed by atoms with Gasteiger partial charge in [0.25, 0.3) is 0 Å². The minimum absolute atomic E-state index is 0.341. The molecule has 1 fully saturated rings. The summed E-state index contributed by atoms with van der Waals surface area (Å²) < 4.78 is 10.7. The minimum Gasteiger partial charge on any atom is -0.381 e. The van der Waals surface area contributed by atoms with E-state index in [2.05, 4.69) is 31.1 Å². The number of aromatic nitrogens is 4. The number of nitrogens with zero attached hydrogens (tertiary/aromatic N) is 4. The highest BCUT2D eigenvalue weighted by molar-refractivity contribution is 5.42. The van der Waals surface area contributed by atoms with Crippen LogP contribution in [0, 0.1) is 13.8 Å². The molecule has 1 atom stereocenters. The molecule has 130 valence electrons. The van der Waals surface area contributed by atoms with Gasteiger partial charge in [0.2, 0.25) is 0 Å². The van der Waals surface area contributed by atoms with Gasteiger partial charge in [0.05, 0.1) is 18.0 Å². The van der Waals surface area contributed by atoms with Crippen LogP contribution in [0.2, 0.25) is 0 Å². The van der Waals surface area contributed by atoms with Gasteiger partial charge in [-0.2, -0.15) is 5.10 Å². The predicted octanol–water partition coefficient (Wildman–Crippen LogP) is 2.10. The molecule has 3 heterocycles. The molecule has 1 aliphatic rings. The van der Waals surface area contributed by atoms with E-state index in [-0.39, 0.29) is 0 Å². The third-order valence-electron chi connectivity index (χ3n) is 4.47. The molecular formula is C17H25N5O2. The second kappa shape index (κ2) is 7.27. The fraction of sp³-hybridized carbons (Fsp3) is 0.588. The second-order valence-electron chi connectivity index (χ2n) is 6.33. The number of methoxy groups -OCH3 is 1. The fourth-order valence-corrected chi connectivity index (χ4v) is 2.99. The Morgan fingerprint density at radius 3 is 2.83 bits per heavy atom. The van der Waals surface area contributed by atoms with Gasteiger partial charge in [-0.3, -0.25) is 5.10 Å². The van der Waals surface area contributed by atoms with Crippen molar-refractivity contribution < 1.29 is 9.47 Å². The van der Waals surface area contributed by atoms with Gasteiger partial charge in [-0.15, -0.1) is 0 Å². The predicted molar refractivity (Wildman–Crippen MR) is 91.1 cm³/mol. The van der Waals surface area contributed by atoms with Crippen LogP contribution in [0.5, 0.6) is 0 Å². The van der Waals surface area contributed by atoms with E-state index in [0.717, 1.165) is 49.1 Å². The molecule has 0 aliphatic carbocycles. The van der Waals surface area contributed by atoms with Crippen LogP contribution in [0.3, 0.4) is 0 Å². The van der Waals surface area contributed by atoms with Crippen LogP contribution in [0.15, 0.2) is 6.07 Å². The first-order chi connectivity index (χ1) is 11.6. The molecule has 7 heteroatoms. The first-order valence-corrected chi connectivity index (χ1v) is 8.24. The Balaban J connectivity index is 1.87. The van der Waals surface area contributed by atoms with Gasteiger partial charge in [0.15, 0.2) is 5.82 Å². The maximum atomic E-state index is 5.51. The van der Waals surface area contributed by atoms with E-state index < -0.39 is 0 Å². The molecule has 0 spiro atoms. The lowest BCUT2D eigenvalue weighted by Gasteiger charge is -2.21. The normalized spacial score (nSPS) is 17.4. The van der Waals surface area contributed by atoms with Gasteiger partial charge in [-0.1, -0.05) is 0 Å². The average molecular weight is 331 g/mol. The highest BCUT2D eigenvalue weighted by Gasteiger charge is 2.22. The number of anilines is 1. The number of aromatic amines is 1. The van der Waals surface area contributed by atoms with Gasteiger partial charge in [0.1, 0.15) is 12.4 Å². The standard InChI is InChI=1S/C17H25N5O2/c1-11-14(12(2)21-20-11)8-22(3)17-7-15(13-5-6-24-9-13)18-16(19-17)10-23-4/h7,13H,5-6,8-10H2,1-4H3,(H,20,21)/t13-/m1/s1. The van der Waals surface area contributed by atoms with E-state index in [0.29, 0.717) is 18.3 Å². The number of aryl methyl sites for hydroxylation is 2. The third-order valence-corrected chi connectivity index (χ3v) is 4.47. The molecule has 24 heavy (non-hydrogen) atoms. The molecule has 1 N–H and O–H groups in total. The highest BCUT2D eigenvalue weighted by atomic mass is 16.5. The first-order valence-electron chi connectivity index (χ1n) is 8.24. The minimum atomic E-state index is 0.341. The molecule has 3 rings (SSSR count). The van der Waals surface area contributed by atoms with E-state index >= 15 is 0 Å². The Hall–Kier alpha value is -1.99. The summed E-state index contributed by atoms with van der Waals surface area (Å²) in [7, 11) is 3.70. The summed E-state index contributed by atoms with van der Waals surface area (Å²) in [6.07, 6.45) is 1.01. The van der Waals surface area contributed by atoms with E-state index in [9.17, 15) is 0 Å². The molecule has 0 amide bonds. The maximum Gasteiger partial charge on any atom is 0.156 e. The average Bonchev–Trinajstić information content (AvgIpc) is 3.20. The van der Waals surface area contributed by atoms with Crippen molar-refractivity contribution in [3.63, 3.8) is 0 Å². The lowest BCUT2D eigenvalue weighted by Crippen LogP contribution is -2.20. The van der Waals surface area contributed by atoms with Crippen molar-refractivity contribution in [3.05, 3.63) is 34.5 Å². The highest BCUT2D eigenvalue weighted by Crippen LogP contribution is 2.27. The van der Waals surface area contributed by atoms with Crippen molar-refractivity contribution in [1.82, 2.24) is 20.2 Å². The van der Waals surface area contributed by atoms with Gasteiger partial charge >= 0.3 is 0 Å². The summed E-state index contributed by atoms with van der Waals surface area (Å²) in [5.41, 5.74) is 4.36. The zero-order chi connectivity index (χ0) is 17.1. The molecule has 0 radical (unpaired) electrons. The van der Waals surface area contributed by atoms with Crippen molar-refractivity contribution in [3.8, 4) is 0 Å². The fourth-order valence-electron chi connectivity index (χ4n) is 2.99. The van der Waals surface area contributed by atoms with Gasteiger partial charge in [-0.05, 0) is 20.3 Å². The lowest BCUT2D eigenvalue weighted by atomic mass is 10.0. The zero-order valence-corrected chi connectivity index (χ0v) is 14.8. The smallest absolute Gasteiger partial charge is 0.156 e. The van der Waals surface area contributed by atoms with E-state index in [1.54, 1.807) is 7.11 Å². The molecule has 7 nitrogen and oxygen atoms in total. The number of hydrogen-bond donors (Lipinski definition) is 1. The first kappa shape index (κ1) is 16.9. The lowest BCUT2D eigenvalue weighted by molar-refractivity contribution is 0.177. The molecular weight excluding hydrogens is 306 g/mol. The van der Waals surface area contributed by atoms with E-state index in [1.807, 2.05) is 20.9 Å². The van der Waals surface area contributed by atoms with Crippen molar-refractivity contribution in [2.24, 2.45) is 0 Å². The van der Waals surface area contributed by atoms with Crippen molar-refractivity contribution in [2.75, 3.05) is 32.3 Å². The molecule has 1 aliphatic heterocycles. The van der Waals surface area contributed by atoms with Crippen LogP contribution in [-0.4, -0.2) is 47.5 Å². The van der Waals surface area contributed by atoms with E-state index in [4.69, 9.17) is 9.47 Å². The Morgan fingerprint density at radius 1 is 1.38 bits per heavy atom. The molecule has 1 saturated heterocycles. The van der Waals surface area contributed by atoms with E-state index in [1.165, 1.54) is 5.56 Å². The summed E-state index contributed by atoms with van der Waals surface area (Å²) >= 11 is 0. The summed E-state index contributed by atoms with van der Waals surface area (Å²) in [5.74, 6) is 1.96. The van der Waals surface area contributed by atoms with Crippen LogP contribution in [0.25, 0.3) is 0 Å². The van der Waals surface area contributed by atoms with Crippen LogP contribution in [0.1, 0.15) is 40.8 Å². The Labute approximate surface area is 142 Å². The van der Waals surface area contributed by atoms with Gasteiger partial charge in [-0.25, -0.2) is 9.97 Å². The van der Waals surface area contributed by atoms with Gasteiger partial charge in [0, 0.05) is 50.6 Å². The molecule has 0 unspecified atom stereocenters. The maximum absolute atomic E-state index is 5.51. The Bertz CT molecular complexity index is 675. The number of hydrogen-bond acceptors (Lipinski definition) is 6. The zero-order valence-electron chi connectivity index (χ0n) is 14.8. The van der Waals surface area contributed by atoms with Crippen molar-refractivity contribution >= 4 is 5.82 Å². The van der Waals surface area contributed by atoms with Crippen LogP contribution >= 0.6 is 0 Å². The number of H-pyrrole nitrogens is 1.